The first-order valence-corrected chi connectivity index (χ1v) is 5.50. The van der Waals surface area contributed by atoms with E-state index in [0.717, 1.165) is 25.0 Å². The molecular weight excluding hydrogens is 186 g/mol. The van der Waals surface area contributed by atoms with Gasteiger partial charge in [-0.1, -0.05) is 41.9 Å². The Balaban J connectivity index is 2.16. The zero-order valence-electron chi connectivity index (χ0n) is 9.11. The number of hydrogen-bond acceptors (Lipinski definition) is 2. The third-order valence-corrected chi connectivity index (χ3v) is 3.61. The van der Waals surface area contributed by atoms with Gasteiger partial charge in [0, 0.05) is 5.41 Å². The Morgan fingerprint density at radius 1 is 1.33 bits per heavy atom. The predicted molar refractivity (Wildman–Crippen MR) is 61.3 cm³/mol. The van der Waals surface area contributed by atoms with E-state index in [-0.39, 0.29) is 5.41 Å². The van der Waals surface area contributed by atoms with Crippen LogP contribution in [-0.4, -0.2) is 10.9 Å². The quantitative estimate of drug-likeness (QED) is 0.456. The van der Waals surface area contributed by atoms with E-state index < -0.39 is 0 Å². The molecule has 1 aliphatic carbocycles. The first-order valence-electron chi connectivity index (χ1n) is 5.50. The normalized spacial score (nSPS) is 19.7. The third-order valence-electron chi connectivity index (χ3n) is 3.61. The lowest BCUT2D eigenvalue weighted by Crippen LogP contribution is -2.38. The molecule has 0 aliphatic heterocycles. The van der Waals surface area contributed by atoms with Crippen molar-refractivity contribution >= 4 is 5.71 Å². The third kappa shape index (κ3) is 1.89. The van der Waals surface area contributed by atoms with E-state index in [9.17, 15) is 0 Å². The number of benzene rings is 1. The first kappa shape index (κ1) is 10.2. The lowest BCUT2D eigenvalue weighted by Gasteiger charge is -2.41. The van der Waals surface area contributed by atoms with Crippen LogP contribution in [0.4, 0.5) is 0 Å². The summed E-state index contributed by atoms with van der Waals surface area (Å²) in [6.07, 6.45) is 4.55. The SMILES string of the molecule is CC(=NO)C1(Cc2ccccc2)CCC1. The summed E-state index contributed by atoms with van der Waals surface area (Å²) in [7, 11) is 0. The van der Waals surface area contributed by atoms with Crippen LogP contribution in [0.15, 0.2) is 35.5 Å². The molecule has 0 saturated heterocycles. The fourth-order valence-electron chi connectivity index (χ4n) is 2.36. The molecule has 1 saturated carbocycles. The van der Waals surface area contributed by atoms with Crippen molar-refractivity contribution in [2.75, 3.05) is 0 Å². The van der Waals surface area contributed by atoms with Crippen LogP contribution in [0.2, 0.25) is 0 Å². The van der Waals surface area contributed by atoms with Crippen molar-refractivity contribution in [2.24, 2.45) is 10.6 Å². The van der Waals surface area contributed by atoms with Gasteiger partial charge in [0.15, 0.2) is 0 Å². The van der Waals surface area contributed by atoms with Gasteiger partial charge in [-0.15, -0.1) is 0 Å². The topological polar surface area (TPSA) is 32.6 Å². The van der Waals surface area contributed by atoms with Gasteiger partial charge in [0.25, 0.3) is 0 Å². The molecule has 0 spiro atoms. The van der Waals surface area contributed by atoms with Gasteiger partial charge in [-0.3, -0.25) is 0 Å². The Kier molecular flexibility index (Phi) is 2.76. The van der Waals surface area contributed by atoms with Gasteiger partial charge in [-0.05, 0) is 31.7 Å². The van der Waals surface area contributed by atoms with Gasteiger partial charge in [0.2, 0.25) is 0 Å². The second kappa shape index (κ2) is 4.05. The predicted octanol–water partition coefficient (Wildman–Crippen LogP) is 3.25. The maximum absolute atomic E-state index is 8.90. The summed E-state index contributed by atoms with van der Waals surface area (Å²) in [5.74, 6) is 0. The van der Waals surface area contributed by atoms with E-state index in [1.54, 1.807) is 0 Å². The number of nitrogens with zero attached hydrogens (tertiary/aromatic N) is 1. The molecule has 0 unspecified atom stereocenters. The van der Waals surface area contributed by atoms with E-state index in [0.29, 0.717) is 0 Å². The van der Waals surface area contributed by atoms with Crippen molar-refractivity contribution in [2.45, 2.75) is 32.6 Å². The van der Waals surface area contributed by atoms with Crippen LogP contribution in [0.3, 0.4) is 0 Å². The molecule has 1 N–H and O–H groups in total. The zero-order valence-corrected chi connectivity index (χ0v) is 9.11. The summed E-state index contributed by atoms with van der Waals surface area (Å²) in [6, 6.07) is 10.4. The fraction of sp³-hybridized carbons (Fsp3) is 0.462. The molecule has 80 valence electrons. The van der Waals surface area contributed by atoms with Crippen molar-refractivity contribution in [3.8, 4) is 0 Å². The van der Waals surface area contributed by atoms with Crippen molar-refractivity contribution in [3.05, 3.63) is 35.9 Å². The summed E-state index contributed by atoms with van der Waals surface area (Å²) in [5.41, 5.74) is 2.36. The molecule has 1 aromatic carbocycles. The van der Waals surface area contributed by atoms with E-state index in [1.807, 2.05) is 13.0 Å². The molecule has 0 radical (unpaired) electrons. The monoisotopic (exact) mass is 203 g/mol. The van der Waals surface area contributed by atoms with Gasteiger partial charge in [0.1, 0.15) is 0 Å². The molecule has 1 fully saturated rings. The first-order chi connectivity index (χ1) is 7.27. The maximum Gasteiger partial charge on any atom is 0.0604 e. The summed E-state index contributed by atoms with van der Waals surface area (Å²) in [4.78, 5) is 0. The smallest absolute Gasteiger partial charge is 0.0604 e. The Morgan fingerprint density at radius 3 is 2.47 bits per heavy atom. The van der Waals surface area contributed by atoms with Gasteiger partial charge in [-0.25, -0.2) is 0 Å². The highest BCUT2D eigenvalue weighted by molar-refractivity contribution is 5.88. The highest BCUT2D eigenvalue weighted by Gasteiger charge is 2.40. The maximum atomic E-state index is 8.90. The summed E-state index contributed by atoms with van der Waals surface area (Å²) in [5, 5.41) is 12.3. The van der Waals surface area contributed by atoms with Gasteiger partial charge < -0.3 is 5.21 Å². The molecule has 1 aliphatic rings. The summed E-state index contributed by atoms with van der Waals surface area (Å²) < 4.78 is 0. The van der Waals surface area contributed by atoms with Crippen LogP contribution in [0.1, 0.15) is 31.7 Å². The van der Waals surface area contributed by atoms with E-state index >= 15 is 0 Å². The van der Waals surface area contributed by atoms with Crippen LogP contribution in [-0.2, 0) is 6.42 Å². The van der Waals surface area contributed by atoms with E-state index in [4.69, 9.17) is 5.21 Å². The number of rotatable bonds is 3. The van der Waals surface area contributed by atoms with Crippen molar-refractivity contribution in [1.29, 1.82) is 0 Å². The van der Waals surface area contributed by atoms with Gasteiger partial charge >= 0.3 is 0 Å². The molecule has 15 heavy (non-hydrogen) atoms. The molecule has 0 bridgehead atoms. The zero-order chi connectivity index (χ0) is 10.7. The lowest BCUT2D eigenvalue weighted by atomic mass is 9.63. The fourth-order valence-corrected chi connectivity index (χ4v) is 2.36. The molecule has 2 rings (SSSR count). The Bertz CT molecular complexity index is 352. The average Bonchev–Trinajstić information content (AvgIpc) is 2.24. The summed E-state index contributed by atoms with van der Waals surface area (Å²) in [6.45, 7) is 1.93. The summed E-state index contributed by atoms with van der Waals surface area (Å²) >= 11 is 0. The highest BCUT2D eigenvalue weighted by Crippen LogP contribution is 2.44. The molecule has 0 atom stereocenters. The van der Waals surface area contributed by atoms with Crippen LogP contribution in [0, 0.1) is 5.41 Å². The Morgan fingerprint density at radius 2 is 2.00 bits per heavy atom. The van der Waals surface area contributed by atoms with Gasteiger partial charge in [0.05, 0.1) is 5.71 Å². The minimum absolute atomic E-state index is 0.135. The second-order valence-corrected chi connectivity index (χ2v) is 4.48. The molecule has 0 heterocycles. The average molecular weight is 203 g/mol. The highest BCUT2D eigenvalue weighted by atomic mass is 16.4. The molecule has 2 heteroatoms. The van der Waals surface area contributed by atoms with Crippen LogP contribution < -0.4 is 0 Å². The number of hydrogen-bond donors (Lipinski definition) is 1. The van der Waals surface area contributed by atoms with Crippen molar-refractivity contribution in [1.82, 2.24) is 0 Å². The Labute approximate surface area is 90.6 Å². The van der Waals surface area contributed by atoms with Crippen molar-refractivity contribution in [3.63, 3.8) is 0 Å². The van der Waals surface area contributed by atoms with E-state index in [2.05, 4.69) is 29.4 Å². The van der Waals surface area contributed by atoms with Crippen LogP contribution >= 0.6 is 0 Å². The number of oxime groups is 1. The Hall–Kier alpha value is -1.31. The molecule has 0 aromatic heterocycles. The molecular formula is C13H17NO. The largest absolute Gasteiger partial charge is 0.411 e. The molecule has 2 nitrogen and oxygen atoms in total. The molecule has 0 amide bonds. The van der Waals surface area contributed by atoms with Gasteiger partial charge in [-0.2, -0.15) is 0 Å². The minimum atomic E-state index is 0.135. The van der Waals surface area contributed by atoms with Crippen molar-refractivity contribution < 1.29 is 5.21 Å². The lowest BCUT2D eigenvalue weighted by molar-refractivity contribution is 0.215. The van der Waals surface area contributed by atoms with Crippen LogP contribution in [0.5, 0.6) is 0 Å². The molecule has 1 aromatic rings. The minimum Gasteiger partial charge on any atom is -0.411 e. The second-order valence-electron chi connectivity index (χ2n) is 4.48. The van der Waals surface area contributed by atoms with Crippen LogP contribution in [0.25, 0.3) is 0 Å². The standard InChI is InChI=1S/C13H17NO/c1-11(14-15)13(8-5-9-13)10-12-6-3-2-4-7-12/h2-4,6-7,15H,5,8-10H2,1H3. The van der Waals surface area contributed by atoms with E-state index in [1.165, 1.54) is 12.0 Å².